The summed E-state index contributed by atoms with van der Waals surface area (Å²) in [6.45, 7) is 2.14. The number of fused-ring (bicyclic) bond motifs is 2. The molecule has 1 fully saturated rings. The molecule has 11 nitrogen and oxygen atoms in total. The van der Waals surface area contributed by atoms with E-state index in [1.807, 2.05) is 33.9 Å². The molecule has 4 N–H and O–H groups in total. The number of nitrogens with zero attached hydrogens (tertiary/aromatic N) is 4. The average molecular weight is 603 g/mol. The van der Waals surface area contributed by atoms with Gasteiger partial charge in [0.2, 0.25) is 5.43 Å². The van der Waals surface area contributed by atoms with Crippen LogP contribution in [0.15, 0.2) is 60.0 Å². The third-order valence-electron chi connectivity index (χ3n) is 6.97. The molecule has 43 heavy (non-hydrogen) atoms. The van der Waals surface area contributed by atoms with E-state index in [0.29, 0.717) is 49.6 Å². The van der Waals surface area contributed by atoms with Crippen LogP contribution in [0.4, 0.5) is 23.2 Å². The Morgan fingerprint density at radius 3 is 2.63 bits per heavy atom. The van der Waals surface area contributed by atoms with Crippen LogP contribution >= 0.6 is 0 Å². The van der Waals surface area contributed by atoms with E-state index in [4.69, 9.17) is 20.4 Å². The first kappa shape index (κ1) is 29.6. The maximum Gasteiger partial charge on any atom is 0.490 e. The van der Waals surface area contributed by atoms with Gasteiger partial charge in [0.05, 0.1) is 17.4 Å². The summed E-state index contributed by atoms with van der Waals surface area (Å²) in [5.41, 5.74) is 6.88. The molecule has 2 aromatic heterocycles. The van der Waals surface area contributed by atoms with Crippen molar-refractivity contribution in [2.45, 2.75) is 31.6 Å². The van der Waals surface area contributed by atoms with Gasteiger partial charge in [-0.3, -0.25) is 9.59 Å². The molecule has 0 aliphatic carbocycles. The molecule has 2 aromatic carbocycles. The molecule has 0 spiro atoms. The monoisotopic (exact) mass is 602 g/mol. The topological polar surface area (TPSA) is 145 Å². The molecule has 6 rings (SSSR count). The number of imidazole rings is 1. The van der Waals surface area contributed by atoms with Crippen LogP contribution in [0.2, 0.25) is 0 Å². The van der Waals surface area contributed by atoms with Gasteiger partial charge in [-0.15, -0.1) is 0 Å². The van der Waals surface area contributed by atoms with E-state index in [9.17, 15) is 22.8 Å². The van der Waals surface area contributed by atoms with Crippen molar-refractivity contribution in [1.29, 1.82) is 0 Å². The molecule has 0 saturated carbocycles. The van der Waals surface area contributed by atoms with E-state index in [-0.39, 0.29) is 28.4 Å². The first-order valence-electron chi connectivity index (χ1n) is 13.2. The number of hydrogen-bond donors (Lipinski definition) is 3. The van der Waals surface area contributed by atoms with Gasteiger partial charge in [0.25, 0.3) is 5.91 Å². The highest BCUT2D eigenvalue weighted by atomic mass is 19.4. The molecule has 1 amide bonds. The standard InChI is InChI=1S/C26H25FN6O3.C2HF3O2/c27-19-12-17-22-25(23(19)32-10-6-16(28)13-32)36-21-5-2-1-4-20(21)33(22)14-18(24(17)34)26(35)30-7-3-9-31-11-8-29-15-31;3-2(4,5)1(6)7/h1-2,4-5,8,11-12,14-16H,3,6-7,9-10,13,28H2,(H,30,35);(H,6,7). The number of aromatic nitrogens is 3. The van der Waals surface area contributed by atoms with Crippen LogP contribution in [0.1, 0.15) is 23.2 Å². The highest BCUT2D eigenvalue weighted by Gasteiger charge is 2.38. The van der Waals surface area contributed by atoms with E-state index in [1.54, 1.807) is 23.2 Å². The van der Waals surface area contributed by atoms with E-state index < -0.39 is 29.3 Å². The fourth-order valence-electron chi connectivity index (χ4n) is 4.98. The van der Waals surface area contributed by atoms with E-state index >= 15 is 4.39 Å². The van der Waals surface area contributed by atoms with Crippen molar-refractivity contribution >= 4 is 28.5 Å². The number of carbonyl (C=O) groups is 2. The summed E-state index contributed by atoms with van der Waals surface area (Å²) in [4.78, 5) is 41.3. The van der Waals surface area contributed by atoms with Crippen molar-refractivity contribution in [3.8, 4) is 17.2 Å². The first-order chi connectivity index (χ1) is 20.5. The SMILES string of the molecule is NC1CCN(c2c(F)cc3c(=O)c(C(=O)NCCCn4ccnc4)cn4c3c2Oc2ccccc2-4)C1.O=C(O)C(F)(F)F. The lowest BCUT2D eigenvalue weighted by Gasteiger charge is -2.29. The third-order valence-corrected chi connectivity index (χ3v) is 6.97. The van der Waals surface area contributed by atoms with Gasteiger partial charge in [-0.2, -0.15) is 13.2 Å². The molecule has 0 bridgehead atoms. The van der Waals surface area contributed by atoms with E-state index in [0.717, 1.165) is 6.42 Å². The average Bonchev–Trinajstić information content (AvgIpc) is 3.64. The number of nitrogens with one attached hydrogen (secondary N) is 1. The maximum absolute atomic E-state index is 15.6. The number of benzene rings is 2. The Balaban J connectivity index is 0.000000472. The second-order valence-electron chi connectivity index (χ2n) is 9.95. The second kappa shape index (κ2) is 11.8. The highest BCUT2D eigenvalue weighted by Crippen LogP contribution is 2.46. The number of carboxylic acids is 1. The van der Waals surface area contributed by atoms with Gasteiger partial charge in [0.1, 0.15) is 16.8 Å². The number of hydrogen-bond acceptors (Lipinski definition) is 7. The van der Waals surface area contributed by atoms with Gasteiger partial charge in [-0.25, -0.2) is 14.2 Å². The van der Waals surface area contributed by atoms with Gasteiger partial charge in [0.15, 0.2) is 17.3 Å². The smallest absolute Gasteiger partial charge is 0.475 e. The Morgan fingerprint density at radius 2 is 1.98 bits per heavy atom. The Labute approximate surface area is 241 Å². The summed E-state index contributed by atoms with van der Waals surface area (Å²) in [6.07, 6.45) is 3.09. The van der Waals surface area contributed by atoms with Crippen molar-refractivity contribution in [3.63, 3.8) is 0 Å². The van der Waals surface area contributed by atoms with Gasteiger partial charge in [-0.1, -0.05) is 12.1 Å². The van der Waals surface area contributed by atoms with E-state index in [2.05, 4.69) is 10.3 Å². The minimum absolute atomic E-state index is 0.0527. The predicted octanol–water partition coefficient (Wildman–Crippen LogP) is 3.42. The van der Waals surface area contributed by atoms with Crippen molar-refractivity contribution in [2.24, 2.45) is 5.73 Å². The first-order valence-corrected chi connectivity index (χ1v) is 13.2. The van der Waals surface area contributed by atoms with Gasteiger partial charge < -0.3 is 34.9 Å². The molecule has 2 aliphatic heterocycles. The number of carbonyl (C=O) groups excluding carboxylic acids is 1. The molecule has 1 unspecified atom stereocenters. The number of nitrogens with two attached hydrogens (primary N) is 1. The number of amides is 1. The number of aliphatic carboxylic acids is 1. The van der Waals surface area contributed by atoms with Crippen LogP contribution in [0.25, 0.3) is 16.6 Å². The molecular weight excluding hydrogens is 576 g/mol. The van der Waals surface area contributed by atoms with Gasteiger partial charge in [-0.05, 0) is 31.0 Å². The minimum Gasteiger partial charge on any atom is -0.475 e. The number of ether oxygens (including phenoxy) is 1. The fraction of sp³-hybridized carbons (Fsp3) is 0.286. The number of alkyl halides is 3. The Bertz CT molecular complexity index is 1740. The molecular formula is C28H26F4N6O5. The molecule has 226 valence electrons. The van der Waals surface area contributed by atoms with Crippen molar-refractivity contribution in [3.05, 3.63) is 76.9 Å². The van der Waals surface area contributed by atoms with Crippen LogP contribution < -0.4 is 26.1 Å². The molecule has 4 aromatic rings. The van der Waals surface area contributed by atoms with Gasteiger partial charge >= 0.3 is 12.1 Å². The fourth-order valence-corrected chi connectivity index (χ4v) is 4.98. The van der Waals surface area contributed by atoms with Crippen molar-refractivity contribution in [2.75, 3.05) is 24.5 Å². The predicted molar refractivity (Wildman–Crippen MR) is 147 cm³/mol. The molecule has 1 saturated heterocycles. The minimum atomic E-state index is -5.08. The van der Waals surface area contributed by atoms with Crippen molar-refractivity contribution < 1.29 is 37.0 Å². The van der Waals surface area contributed by atoms with Crippen LogP contribution in [-0.2, 0) is 11.3 Å². The molecule has 1 atom stereocenters. The number of aryl methyl sites for hydroxylation is 1. The van der Waals surface area contributed by atoms with Gasteiger partial charge in [0, 0.05) is 50.8 Å². The number of pyridine rings is 1. The normalized spacial score (nSPS) is 15.4. The molecule has 0 radical (unpaired) electrons. The third kappa shape index (κ3) is 6.02. The zero-order valence-corrected chi connectivity index (χ0v) is 22.5. The Morgan fingerprint density at radius 1 is 1.23 bits per heavy atom. The molecule has 2 aliphatic rings. The lowest BCUT2D eigenvalue weighted by Crippen LogP contribution is -2.32. The zero-order valence-electron chi connectivity index (χ0n) is 22.5. The Kier molecular flexibility index (Phi) is 8.08. The number of anilines is 1. The quantitative estimate of drug-likeness (QED) is 0.198. The lowest BCUT2D eigenvalue weighted by atomic mass is 10.1. The summed E-state index contributed by atoms with van der Waals surface area (Å²) < 4.78 is 57.1. The number of halogens is 4. The number of rotatable bonds is 6. The van der Waals surface area contributed by atoms with Crippen molar-refractivity contribution in [1.82, 2.24) is 19.4 Å². The summed E-state index contributed by atoms with van der Waals surface area (Å²) in [5.74, 6) is -3.06. The van der Waals surface area contributed by atoms with Crippen LogP contribution in [0.3, 0.4) is 0 Å². The highest BCUT2D eigenvalue weighted by molar-refractivity contribution is 6.01. The summed E-state index contributed by atoms with van der Waals surface area (Å²) in [6, 6.07) is 8.43. The maximum atomic E-state index is 15.6. The van der Waals surface area contributed by atoms with Crippen LogP contribution in [-0.4, -0.2) is 63.0 Å². The van der Waals surface area contributed by atoms with Crippen LogP contribution in [0, 0.1) is 5.82 Å². The molecule has 4 heterocycles. The Hall–Kier alpha value is -4.92. The zero-order chi connectivity index (χ0) is 30.9. The lowest BCUT2D eigenvalue weighted by molar-refractivity contribution is -0.192. The second-order valence-corrected chi connectivity index (χ2v) is 9.95. The van der Waals surface area contributed by atoms with E-state index in [1.165, 1.54) is 12.3 Å². The summed E-state index contributed by atoms with van der Waals surface area (Å²) >= 11 is 0. The largest absolute Gasteiger partial charge is 0.490 e. The summed E-state index contributed by atoms with van der Waals surface area (Å²) in [5, 5.41) is 10.0. The molecule has 15 heteroatoms. The summed E-state index contributed by atoms with van der Waals surface area (Å²) in [7, 11) is 0. The number of carboxylic acid groups (broad SMARTS) is 1. The number of para-hydroxylation sites is 2. The van der Waals surface area contributed by atoms with Crippen LogP contribution in [0.5, 0.6) is 11.5 Å².